The third-order valence-electron chi connectivity index (χ3n) is 2.15. The lowest BCUT2D eigenvalue weighted by molar-refractivity contribution is 0.199. The van der Waals surface area contributed by atoms with Crippen molar-refractivity contribution >= 4 is 11.8 Å². The Hall–Kier alpha value is -0.580. The van der Waals surface area contributed by atoms with Crippen LogP contribution in [0, 0.1) is 0 Å². The van der Waals surface area contributed by atoms with Gasteiger partial charge in [-0.15, -0.1) is 11.8 Å². The summed E-state index contributed by atoms with van der Waals surface area (Å²) in [6.07, 6.45) is 6.15. The Morgan fingerprint density at radius 3 is 2.81 bits per heavy atom. The van der Waals surface area contributed by atoms with Crippen molar-refractivity contribution in [1.82, 2.24) is 10.3 Å². The summed E-state index contributed by atoms with van der Waals surface area (Å²) in [4.78, 5) is 5.30. The predicted octanol–water partition coefficient (Wildman–Crippen LogP) is 2.19. The minimum absolute atomic E-state index is 0.797. The molecular weight excluding hydrogens is 220 g/mol. The molecule has 0 unspecified atom stereocenters. The Kier molecular flexibility index (Phi) is 8.12. The monoisotopic (exact) mass is 240 g/mol. The highest BCUT2D eigenvalue weighted by atomic mass is 32.2. The molecular formula is C12H20N2OS. The predicted molar refractivity (Wildman–Crippen MR) is 68.9 cm³/mol. The SMILES string of the molecule is COCCNCCCCSc1ccncc1. The third kappa shape index (κ3) is 6.82. The van der Waals surface area contributed by atoms with Gasteiger partial charge in [0.25, 0.3) is 0 Å². The summed E-state index contributed by atoms with van der Waals surface area (Å²) in [6, 6.07) is 4.11. The molecule has 0 aromatic carbocycles. The summed E-state index contributed by atoms with van der Waals surface area (Å²) < 4.78 is 4.95. The van der Waals surface area contributed by atoms with Crippen LogP contribution in [0.3, 0.4) is 0 Å². The van der Waals surface area contributed by atoms with Crippen molar-refractivity contribution in [2.75, 3.05) is 32.6 Å². The van der Waals surface area contributed by atoms with Crippen molar-refractivity contribution in [3.05, 3.63) is 24.5 Å². The van der Waals surface area contributed by atoms with E-state index in [0.717, 1.165) is 19.7 Å². The minimum atomic E-state index is 0.797. The molecule has 0 saturated heterocycles. The van der Waals surface area contributed by atoms with E-state index in [0.29, 0.717) is 0 Å². The lowest BCUT2D eigenvalue weighted by Crippen LogP contribution is -2.20. The summed E-state index contributed by atoms with van der Waals surface area (Å²) in [5.41, 5.74) is 0. The van der Waals surface area contributed by atoms with Crippen LogP contribution in [-0.2, 0) is 4.74 Å². The zero-order valence-electron chi connectivity index (χ0n) is 9.82. The lowest BCUT2D eigenvalue weighted by atomic mass is 10.3. The lowest BCUT2D eigenvalue weighted by Gasteiger charge is -2.04. The van der Waals surface area contributed by atoms with Gasteiger partial charge >= 0.3 is 0 Å². The van der Waals surface area contributed by atoms with Gasteiger partial charge in [-0.2, -0.15) is 0 Å². The molecule has 0 amide bonds. The van der Waals surface area contributed by atoms with E-state index in [4.69, 9.17) is 4.74 Å². The molecule has 90 valence electrons. The molecule has 1 aromatic rings. The number of hydrogen-bond acceptors (Lipinski definition) is 4. The standard InChI is InChI=1S/C12H20N2OS/c1-15-10-9-13-6-2-3-11-16-12-4-7-14-8-5-12/h4-5,7-8,13H,2-3,6,9-11H2,1H3. The van der Waals surface area contributed by atoms with Gasteiger partial charge in [0.1, 0.15) is 0 Å². The second-order valence-electron chi connectivity index (χ2n) is 3.48. The van der Waals surface area contributed by atoms with Crippen molar-refractivity contribution in [2.24, 2.45) is 0 Å². The van der Waals surface area contributed by atoms with Crippen LogP contribution in [0.1, 0.15) is 12.8 Å². The van der Waals surface area contributed by atoms with Crippen LogP contribution in [0.25, 0.3) is 0 Å². The van der Waals surface area contributed by atoms with Gasteiger partial charge in [-0.25, -0.2) is 0 Å². The first-order chi connectivity index (χ1) is 7.93. The molecule has 0 saturated carbocycles. The number of methoxy groups -OCH3 is 1. The Labute approximate surface area is 102 Å². The smallest absolute Gasteiger partial charge is 0.0587 e. The molecule has 0 radical (unpaired) electrons. The first kappa shape index (κ1) is 13.5. The number of aromatic nitrogens is 1. The topological polar surface area (TPSA) is 34.1 Å². The van der Waals surface area contributed by atoms with E-state index in [9.17, 15) is 0 Å². The maximum absolute atomic E-state index is 4.95. The van der Waals surface area contributed by atoms with Gasteiger partial charge in [0.15, 0.2) is 0 Å². The van der Waals surface area contributed by atoms with Crippen LogP contribution in [-0.4, -0.2) is 37.5 Å². The van der Waals surface area contributed by atoms with Crippen LogP contribution in [0.2, 0.25) is 0 Å². The molecule has 1 heterocycles. The van der Waals surface area contributed by atoms with E-state index in [1.54, 1.807) is 7.11 Å². The summed E-state index contributed by atoms with van der Waals surface area (Å²) in [7, 11) is 1.73. The number of pyridine rings is 1. The fourth-order valence-corrected chi connectivity index (χ4v) is 2.17. The highest BCUT2D eigenvalue weighted by Gasteiger charge is 1.93. The highest BCUT2D eigenvalue weighted by Crippen LogP contribution is 2.17. The number of unbranched alkanes of at least 4 members (excludes halogenated alkanes) is 1. The van der Waals surface area contributed by atoms with Gasteiger partial charge in [-0.1, -0.05) is 0 Å². The molecule has 0 aliphatic carbocycles. The molecule has 0 spiro atoms. The van der Waals surface area contributed by atoms with Crippen molar-refractivity contribution in [2.45, 2.75) is 17.7 Å². The van der Waals surface area contributed by atoms with Crippen LogP contribution < -0.4 is 5.32 Å². The van der Waals surface area contributed by atoms with Gasteiger partial charge in [0, 0.05) is 30.9 Å². The normalized spacial score (nSPS) is 10.6. The van der Waals surface area contributed by atoms with E-state index < -0.39 is 0 Å². The zero-order valence-corrected chi connectivity index (χ0v) is 10.6. The summed E-state index contributed by atoms with van der Waals surface area (Å²) in [5, 5.41) is 3.34. The van der Waals surface area contributed by atoms with Crippen LogP contribution >= 0.6 is 11.8 Å². The second kappa shape index (κ2) is 9.63. The molecule has 3 nitrogen and oxygen atoms in total. The third-order valence-corrected chi connectivity index (χ3v) is 3.25. The van der Waals surface area contributed by atoms with Crippen molar-refractivity contribution in [3.8, 4) is 0 Å². The van der Waals surface area contributed by atoms with Gasteiger partial charge in [0.05, 0.1) is 6.61 Å². The van der Waals surface area contributed by atoms with E-state index in [1.165, 1.54) is 23.5 Å². The molecule has 0 bridgehead atoms. The van der Waals surface area contributed by atoms with Gasteiger partial charge in [-0.05, 0) is 37.3 Å². The quantitative estimate of drug-likeness (QED) is 0.530. The average molecular weight is 240 g/mol. The van der Waals surface area contributed by atoms with Gasteiger partial charge < -0.3 is 10.1 Å². The summed E-state index contributed by atoms with van der Waals surface area (Å²) >= 11 is 1.90. The van der Waals surface area contributed by atoms with Gasteiger partial charge in [-0.3, -0.25) is 4.98 Å². The van der Waals surface area contributed by atoms with E-state index >= 15 is 0 Å². The fourth-order valence-electron chi connectivity index (χ4n) is 1.28. The number of ether oxygens (including phenoxy) is 1. The maximum atomic E-state index is 4.95. The Balaban J connectivity index is 1.89. The Morgan fingerprint density at radius 1 is 1.25 bits per heavy atom. The van der Waals surface area contributed by atoms with Crippen LogP contribution in [0.5, 0.6) is 0 Å². The molecule has 16 heavy (non-hydrogen) atoms. The highest BCUT2D eigenvalue weighted by molar-refractivity contribution is 7.99. The summed E-state index contributed by atoms with van der Waals surface area (Å²) in [6.45, 7) is 2.83. The fraction of sp³-hybridized carbons (Fsp3) is 0.583. The van der Waals surface area contributed by atoms with E-state index in [-0.39, 0.29) is 0 Å². The number of thioether (sulfide) groups is 1. The molecule has 1 N–H and O–H groups in total. The van der Waals surface area contributed by atoms with Crippen molar-refractivity contribution in [1.29, 1.82) is 0 Å². The van der Waals surface area contributed by atoms with Crippen LogP contribution in [0.4, 0.5) is 0 Å². The van der Waals surface area contributed by atoms with Crippen molar-refractivity contribution in [3.63, 3.8) is 0 Å². The average Bonchev–Trinajstić information content (AvgIpc) is 2.34. The first-order valence-electron chi connectivity index (χ1n) is 5.66. The zero-order chi connectivity index (χ0) is 11.5. The number of rotatable bonds is 9. The van der Waals surface area contributed by atoms with Gasteiger partial charge in [0.2, 0.25) is 0 Å². The molecule has 1 aromatic heterocycles. The van der Waals surface area contributed by atoms with E-state index in [2.05, 4.69) is 22.4 Å². The molecule has 0 aliphatic rings. The molecule has 0 fully saturated rings. The largest absolute Gasteiger partial charge is 0.383 e. The van der Waals surface area contributed by atoms with Crippen LogP contribution in [0.15, 0.2) is 29.4 Å². The molecule has 4 heteroatoms. The molecule has 1 rings (SSSR count). The summed E-state index contributed by atoms with van der Waals surface area (Å²) in [5.74, 6) is 1.18. The Morgan fingerprint density at radius 2 is 2.06 bits per heavy atom. The number of nitrogens with one attached hydrogen (secondary N) is 1. The number of hydrogen-bond donors (Lipinski definition) is 1. The minimum Gasteiger partial charge on any atom is -0.383 e. The second-order valence-corrected chi connectivity index (χ2v) is 4.65. The molecule has 0 atom stereocenters. The first-order valence-corrected chi connectivity index (χ1v) is 6.64. The molecule has 0 aliphatic heterocycles. The van der Waals surface area contributed by atoms with Crippen molar-refractivity contribution < 1.29 is 4.74 Å². The Bertz CT molecular complexity index is 256. The number of nitrogens with zero attached hydrogens (tertiary/aromatic N) is 1. The van der Waals surface area contributed by atoms with E-state index in [1.807, 2.05) is 24.2 Å². The maximum Gasteiger partial charge on any atom is 0.0587 e.